The number of carbonyl (C=O) groups is 1. The third kappa shape index (κ3) is 6.81. The predicted molar refractivity (Wildman–Crippen MR) is 137 cm³/mol. The third-order valence-electron chi connectivity index (χ3n) is 5.78. The van der Waals surface area contributed by atoms with E-state index < -0.39 is 11.6 Å². The monoisotopic (exact) mass is 531 g/mol. The Balaban J connectivity index is 1.83. The zero-order chi connectivity index (χ0) is 24.6. The van der Waals surface area contributed by atoms with Gasteiger partial charge in [-0.3, -0.25) is 4.79 Å². The maximum atomic E-state index is 13.5. The molecule has 0 fully saturated rings. The van der Waals surface area contributed by atoms with Gasteiger partial charge in [-0.05, 0) is 75.9 Å². The molecule has 0 aliphatic carbocycles. The SMILES string of the molecule is C[C@H]1OC(c2ccc(OCCCO)cc2)=N[C@@]1(Cc1ccc(Br)cc1)C(=O)NCCCN(C)C. The fraction of sp³-hybridized carbons (Fsp3) is 0.462. The Bertz CT molecular complexity index is 963. The lowest BCUT2D eigenvalue weighted by Crippen LogP contribution is -2.52. The Labute approximate surface area is 210 Å². The van der Waals surface area contributed by atoms with Gasteiger partial charge >= 0.3 is 0 Å². The van der Waals surface area contributed by atoms with Gasteiger partial charge in [-0.25, -0.2) is 4.99 Å². The number of aliphatic imine (C=N–C) groups is 1. The van der Waals surface area contributed by atoms with Gasteiger partial charge in [-0.15, -0.1) is 0 Å². The fourth-order valence-electron chi connectivity index (χ4n) is 3.81. The molecule has 0 bridgehead atoms. The van der Waals surface area contributed by atoms with Crippen molar-refractivity contribution in [3.05, 3.63) is 64.1 Å². The second kappa shape index (κ2) is 12.3. The molecule has 2 atom stereocenters. The van der Waals surface area contributed by atoms with Crippen LogP contribution >= 0.6 is 15.9 Å². The van der Waals surface area contributed by atoms with Crippen LogP contribution in [0, 0.1) is 0 Å². The van der Waals surface area contributed by atoms with E-state index in [4.69, 9.17) is 19.6 Å². The lowest BCUT2D eigenvalue weighted by Gasteiger charge is -2.28. The van der Waals surface area contributed by atoms with Crippen molar-refractivity contribution < 1.29 is 19.4 Å². The summed E-state index contributed by atoms with van der Waals surface area (Å²) in [5.74, 6) is 1.04. The van der Waals surface area contributed by atoms with Crippen LogP contribution in [-0.4, -0.2) is 73.9 Å². The number of hydrogen-bond donors (Lipinski definition) is 2. The number of aliphatic hydroxyl groups is 1. The molecule has 2 aromatic carbocycles. The van der Waals surface area contributed by atoms with Gasteiger partial charge in [0.05, 0.1) is 6.61 Å². The van der Waals surface area contributed by atoms with E-state index >= 15 is 0 Å². The van der Waals surface area contributed by atoms with E-state index in [0.29, 0.717) is 37.6 Å². The summed E-state index contributed by atoms with van der Waals surface area (Å²) in [6.45, 7) is 3.93. The highest BCUT2D eigenvalue weighted by molar-refractivity contribution is 9.10. The molecule has 0 saturated carbocycles. The minimum Gasteiger partial charge on any atom is -0.494 e. The van der Waals surface area contributed by atoms with E-state index in [1.807, 2.05) is 69.6 Å². The zero-order valence-electron chi connectivity index (χ0n) is 20.1. The normalized spacial score (nSPS) is 19.6. The minimum absolute atomic E-state index is 0.0955. The van der Waals surface area contributed by atoms with Gasteiger partial charge in [0.15, 0.2) is 5.54 Å². The Kier molecular flexibility index (Phi) is 9.50. The van der Waals surface area contributed by atoms with E-state index in [9.17, 15) is 4.79 Å². The van der Waals surface area contributed by atoms with Crippen molar-refractivity contribution in [2.75, 3.05) is 40.4 Å². The number of amides is 1. The molecule has 2 aromatic rings. The van der Waals surface area contributed by atoms with Crippen LogP contribution in [0.1, 0.15) is 30.9 Å². The minimum atomic E-state index is -1.06. The molecule has 0 radical (unpaired) electrons. The van der Waals surface area contributed by atoms with E-state index in [1.165, 1.54) is 0 Å². The number of ether oxygens (including phenoxy) is 2. The highest BCUT2D eigenvalue weighted by Gasteiger charge is 2.50. The standard InChI is InChI=1S/C26H34BrN3O4/c1-19-26(18-20-6-10-22(27)11-7-20,25(32)28-14-4-15-30(2)3)29-24(34-19)21-8-12-23(13-9-21)33-17-5-16-31/h6-13,19,31H,4-5,14-18H2,1-3H3,(H,28,32)/t19-,26-/m1/s1. The van der Waals surface area contributed by atoms with Crippen molar-refractivity contribution in [3.8, 4) is 5.75 Å². The number of hydrogen-bond acceptors (Lipinski definition) is 6. The molecule has 3 rings (SSSR count). The molecule has 1 amide bonds. The van der Waals surface area contributed by atoms with E-state index in [2.05, 4.69) is 26.1 Å². The van der Waals surface area contributed by atoms with E-state index in [1.54, 1.807) is 0 Å². The Hall–Kier alpha value is -2.42. The lowest BCUT2D eigenvalue weighted by molar-refractivity contribution is -0.128. The first kappa shape index (κ1) is 26.2. The smallest absolute Gasteiger partial charge is 0.252 e. The molecule has 1 heterocycles. The quantitative estimate of drug-likeness (QED) is 0.410. The zero-order valence-corrected chi connectivity index (χ0v) is 21.7. The summed E-state index contributed by atoms with van der Waals surface area (Å²) in [5.41, 5.74) is 0.747. The molecular formula is C26H34BrN3O4. The molecule has 0 aromatic heterocycles. The highest BCUT2D eigenvalue weighted by atomic mass is 79.9. The first-order chi connectivity index (χ1) is 16.3. The number of carbonyl (C=O) groups excluding carboxylic acids is 1. The molecule has 0 unspecified atom stereocenters. The molecule has 184 valence electrons. The van der Waals surface area contributed by atoms with E-state index in [-0.39, 0.29) is 12.5 Å². The number of halogens is 1. The first-order valence-corrected chi connectivity index (χ1v) is 12.4. The molecule has 1 aliphatic heterocycles. The van der Waals surface area contributed by atoms with Crippen molar-refractivity contribution in [1.82, 2.24) is 10.2 Å². The molecule has 2 N–H and O–H groups in total. The Morgan fingerprint density at radius 2 is 1.88 bits per heavy atom. The van der Waals surface area contributed by atoms with E-state index in [0.717, 1.165) is 28.6 Å². The summed E-state index contributed by atoms with van der Waals surface area (Å²) in [5, 5.41) is 12.0. The molecule has 8 heteroatoms. The lowest BCUT2D eigenvalue weighted by atomic mass is 9.86. The predicted octanol–water partition coefficient (Wildman–Crippen LogP) is 3.43. The molecular weight excluding hydrogens is 498 g/mol. The van der Waals surface area contributed by atoms with Crippen LogP contribution in [0.25, 0.3) is 0 Å². The first-order valence-electron chi connectivity index (χ1n) is 11.6. The fourth-order valence-corrected chi connectivity index (χ4v) is 4.07. The summed E-state index contributed by atoms with van der Waals surface area (Å²) in [6, 6.07) is 15.4. The average molecular weight is 532 g/mol. The van der Waals surface area contributed by atoms with Crippen molar-refractivity contribution >= 4 is 27.7 Å². The van der Waals surface area contributed by atoms with Gasteiger partial charge in [0.2, 0.25) is 5.90 Å². The Morgan fingerprint density at radius 3 is 2.53 bits per heavy atom. The topological polar surface area (TPSA) is 83.4 Å². The van der Waals surface area contributed by atoms with Gasteiger partial charge in [0.25, 0.3) is 5.91 Å². The second-order valence-electron chi connectivity index (χ2n) is 8.77. The number of nitrogens with one attached hydrogen (secondary N) is 1. The van der Waals surface area contributed by atoms with Crippen LogP contribution < -0.4 is 10.1 Å². The molecule has 0 spiro atoms. The summed E-state index contributed by atoms with van der Waals surface area (Å²) >= 11 is 3.47. The van der Waals surface area contributed by atoms with Gasteiger partial charge in [0, 0.05) is 36.0 Å². The number of aliphatic hydroxyl groups excluding tert-OH is 1. The highest BCUT2D eigenvalue weighted by Crippen LogP contribution is 2.33. The number of benzene rings is 2. The van der Waals surface area contributed by atoms with Crippen LogP contribution in [0.2, 0.25) is 0 Å². The summed E-state index contributed by atoms with van der Waals surface area (Å²) in [7, 11) is 4.03. The molecule has 0 saturated heterocycles. The van der Waals surface area contributed by atoms with Crippen LogP contribution in [-0.2, 0) is 16.0 Å². The molecule has 1 aliphatic rings. The van der Waals surface area contributed by atoms with Crippen LogP contribution in [0.15, 0.2) is 58.0 Å². The van der Waals surface area contributed by atoms with Crippen LogP contribution in [0.4, 0.5) is 0 Å². The van der Waals surface area contributed by atoms with Crippen molar-refractivity contribution in [2.24, 2.45) is 4.99 Å². The van der Waals surface area contributed by atoms with Crippen molar-refractivity contribution in [3.63, 3.8) is 0 Å². The summed E-state index contributed by atoms with van der Waals surface area (Å²) < 4.78 is 12.8. The second-order valence-corrected chi connectivity index (χ2v) is 9.68. The Morgan fingerprint density at radius 1 is 1.18 bits per heavy atom. The van der Waals surface area contributed by atoms with Crippen molar-refractivity contribution in [2.45, 2.75) is 37.8 Å². The largest absolute Gasteiger partial charge is 0.494 e. The maximum absolute atomic E-state index is 13.5. The van der Waals surface area contributed by atoms with Gasteiger partial charge in [-0.2, -0.15) is 0 Å². The van der Waals surface area contributed by atoms with Gasteiger partial charge < -0.3 is 24.8 Å². The number of nitrogens with zero attached hydrogens (tertiary/aromatic N) is 2. The van der Waals surface area contributed by atoms with Gasteiger partial charge in [0.1, 0.15) is 11.9 Å². The summed E-state index contributed by atoms with van der Waals surface area (Å²) in [6.07, 6.45) is 1.45. The van der Waals surface area contributed by atoms with Crippen LogP contribution in [0.3, 0.4) is 0 Å². The van der Waals surface area contributed by atoms with Crippen LogP contribution in [0.5, 0.6) is 5.75 Å². The van der Waals surface area contributed by atoms with Crippen molar-refractivity contribution in [1.29, 1.82) is 0 Å². The molecule has 7 nitrogen and oxygen atoms in total. The third-order valence-corrected chi connectivity index (χ3v) is 6.31. The average Bonchev–Trinajstić information content (AvgIpc) is 3.15. The van der Waals surface area contributed by atoms with Gasteiger partial charge in [-0.1, -0.05) is 28.1 Å². The number of rotatable bonds is 12. The maximum Gasteiger partial charge on any atom is 0.252 e. The summed E-state index contributed by atoms with van der Waals surface area (Å²) in [4.78, 5) is 20.5. The molecule has 34 heavy (non-hydrogen) atoms.